The van der Waals surface area contributed by atoms with Gasteiger partial charge >= 0.3 is 0 Å². The van der Waals surface area contributed by atoms with E-state index in [-0.39, 0.29) is 0 Å². The van der Waals surface area contributed by atoms with E-state index in [2.05, 4.69) is 54.6 Å². The molecule has 0 radical (unpaired) electrons. The molecule has 0 amide bonds. The van der Waals surface area contributed by atoms with Crippen molar-refractivity contribution in [3.8, 4) is 5.75 Å². The van der Waals surface area contributed by atoms with Gasteiger partial charge in [-0.05, 0) is 70.2 Å². The average Bonchev–Trinajstić information content (AvgIpc) is 3.37. The van der Waals surface area contributed by atoms with Gasteiger partial charge in [0.25, 0.3) is 0 Å². The van der Waals surface area contributed by atoms with Crippen LogP contribution in [0.3, 0.4) is 0 Å². The topological polar surface area (TPSA) is 48.9 Å². The third-order valence-corrected chi connectivity index (χ3v) is 5.19. The van der Waals surface area contributed by atoms with E-state index in [1.165, 1.54) is 37.9 Å². The van der Waals surface area contributed by atoms with Gasteiger partial charge in [0.15, 0.2) is 5.96 Å². The Morgan fingerprint density at radius 3 is 2.77 bits per heavy atom. The average molecular weight is 359 g/mol. The molecule has 1 heterocycles. The van der Waals surface area contributed by atoms with Crippen LogP contribution in [0, 0.1) is 18.8 Å². The molecular weight excluding hydrogens is 324 g/mol. The fourth-order valence-electron chi connectivity index (χ4n) is 3.36. The first-order chi connectivity index (χ1) is 12.6. The highest BCUT2D eigenvalue weighted by Crippen LogP contribution is 2.31. The maximum Gasteiger partial charge on any atom is 0.191 e. The zero-order chi connectivity index (χ0) is 18.4. The van der Waals surface area contributed by atoms with E-state index in [4.69, 9.17) is 9.73 Å². The number of hydrogen-bond donors (Lipinski definition) is 2. The van der Waals surface area contributed by atoms with Crippen LogP contribution in [0.1, 0.15) is 37.3 Å². The van der Waals surface area contributed by atoms with E-state index in [0.29, 0.717) is 12.5 Å². The van der Waals surface area contributed by atoms with Crippen LogP contribution in [0.5, 0.6) is 5.75 Å². The molecule has 0 spiro atoms. The maximum absolute atomic E-state index is 6.07. The molecule has 1 saturated carbocycles. The first-order valence-corrected chi connectivity index (χ1v) is 10.1. The first kappa shape index (κ1) is 19.0. The summed E-state index contributed by atoms with van der Waals surface area (Å²) < 4.78 is 6.07. The third kappa shape index (κ3) is 5.90. The molecule has 144 valence electrons. The molecule has 3 rings (SSSR count). The van der Waals surface area contributed by atoms with Crippen LogP contribution in [0.15, 0.2) is 23.2 Å². The number of nitrogens with zero attached hydrogens (tertiary/aromatic N) is 2. The lowest BCUT2D eigenvalue weighted by Crippen LogP contribution is -2.40. The van der Waals surface area contributed by atoms with Gasteiger partial charge in [0.1, 0.15) is 5.75 Å². The zero-order valence-electron chi connectivity index (χ0n) is 16.6. The number of benzene rings is 1. The molecule has 2 aliphatic rings. The van der Waals surface area contributed by atoms with Crippen LogP contribution in [-0.2, 0) is 6.54 Å². The number of nitrogens with one attached hydrogen (secondary N) is 2. The Balaban J connectivity index is 1.58. The largest absolute Gasteiger partial charge is 0.493 e. The number of aryl methyl sites for hydroxylation is 1. The molecule has 2 N–H and O–H groups in total. The summed E-state index contributed by atoms with van der Waals surface area (Å²) in [5, 5.41) is 6.88. The van der Waals surface area contributed by atoms with Crippen molar-refractivity contribution in [3.63, 3.8) is 0 Å². The zero-order valence-corrected chi connectivity index (χ0v) is 16.6. The Morgan fingerprint density at radius 1 is 1.23 bits per heavy atom. The fraction of sp³-hybridized carbons (Fsp3) is 0.667. The minimum Gasteiger partial charge on any atom is -0.493 e. The molecule has 2 fully saturated rings. The van der Waals surface area contributed by atoms with Crippen molar-refractivity contribution in [1.29, 1.82) is 0 Å². The lowest BCUT2D eigenvalue weighted by molar-refractivity contribution is 0.296. The molecule has 1 unspecified atom stereocenters. The molecule has 0 bridgehead atoms. The molecule has 1 saturated heterocycles. The van der Waals surface area contributed by atoms with Crippen molar-refractivity contribution in [3.05, 3.63) is 29.3 Å². The highest BCUT2D eigenvalue weighted by molar-refractivity contribution is 5.79. The van der Waals surface area contributed by atoms with Gasteiger partial charge in [-0.15, -0.1) is 0 Å². The summed E-state index contributed by atoms with van der Waals surface area (Å²) in [5.74, 6) is 3.36. The van der Waals surface area contributed by atoms with Gasteiger partial charge in [-0.2, -0.15) is 0 Å². The van der Waals surface area contributed by atoms with Crippen molar-refractivity contribution in [2.45, 2.75) is 39.7 Å². The van der Waals surface area contributed by atoms with Gasteiger partial charge in [0.2, 0.25) is 0 Å². The second-order valence-electron chi connectivity index (χ2n) is 7.86. The molecule has 1 aromatic rings. The van der Waals surface area contributed by atoms with E-state index in [1.54, 1.807) is 0 Å². The van der Waals surface area contributed by atoms with Crippen LogP contribution in [0.25, 0.3) is 0 Å². The van der Waals surface area contributed by atoms with E-state index < -0.39 is 0 Å². The highest BCUT2D eigenvalue weighted by Gasteiger charge is 2.22. The Kier molecular flexibility index (Phi) is 6.78. The Labute approximate surface area is 158 Å². The molecular formula is C21H34N4O. The SMILES string of the molecule is CCNC(=NCc1ccc(C)cc1OCC1CC1)NCC1CCN(C)C1. The first-order valence-electron chi connectivity index (χ1n) is 10.1. The summed E-state index contributed by atoms with van der Waals surface area (Å²) in [6.45, 7) is 9.92. The minimum absolute atomic E-state index is 0.639. The van der Waals surface area contributed by atoms with Crippen LogP contribution in [-0.4, -0.2) is 50.7 Å². The monoisotopic (exact) mass is 358 g/mol. The maximum atomic E-state index is 6.07. The van der Waals surface area contributed by atoms with E-state index in [0.717, 1.165) is 42.9 Å². The fourth-order valence-corrected chi connectivity index (χ4v) is 3.36. The van der Waals surface area contributed by atoms with Gasteiger partial charge in [-0.1, -0.05) is 12.1 Å². The van der Waals surface area contributed by atoms with Crippen molar-refractivity contribution in [2.24, 2.45) is 16.8 Å². The Bertz CT molecular complexity index is 612. The van der Waals surface area contributed by atoms with Crippen molar-refractivity contribution in [2.75, 3.05) is 39.8 Å². The van der Waals surface area contributed by atoms with Crippen LogP contribution < -0.4 is 15.4 Å². The van der Waals surface area contributed by atoms with Gasteiger partial charge in [0, 0.05) is 25.2 Å². The Morgan fingerprint density at radius 2 is 2.08 bits per heavy atom. The molecule has 1 atom stereocenters. The van der Waals surface area contributed by atoms with Crippen LogP contribution >= 0.6 is 0 Å². The molecule has 0 aromatic heterocycles. The molecule has 5 nitrogen and oxygen atoms in total. The minimum atomic E-state index is 0.639. The van der Waals surface area contributed by atoms with Crippen molar-refractivity contribution in [1.82, 2.24) is 15.5 Å². The van der Waals surface area contributed by atoms with Crippen LogP contribution in [0.2, 0.25) is 0 Å². The quantitative estimate of drug-likeness (QED) is 0.554. The summed E-state index contributed by atoms with van der Waals surface area (Å²) in [6.07, 6.45) is 3.88. The molecule has 1 aliphatic carbocycles. The van der Waals surface area contributed by atoms with E-state index >= 15 is 0 Å². The van der Waals surface area contributed by atoms with Crippen molar-refractivity contribution < 1.29 is 4.74 Å². The number of ether oxygens (including phenoxy) is 1. The van der Waals surface area contributed by atoms with Gasteiger partial charge in [0.05, 0.1) is 13.2 Å². The molecule has 1 aromatic carbocycles. The third-order valence-electron chi connectivity index (χ3n) is 5.19. The summed E-state index contributed by atoms with van der Waals surface area (Å²) in [6, 6.07) is 6.43. The van der Waals surface area contributed by atoms with Crippen LogP contribution in [0.4, 0.5) is 0 Å². The normalized spacial score (nSPS) is 21.0. The smallest absolute Gasteiger partial charge is 0.191 e. The summed E-state index contributed by atoms with van der Waals surface area (Å²) in [4.78, 5) is 7.19. The number of rotatable bonds is 8. The summed E-state index contributed by atoms with van der Waals surface area (Å²) in [5.41, 5.74) is 2.40. The standard InChI is InChI=1S/C21H34N4O/c1-4-22-21(23-12-18-9-10-25(3)14-18)24-13-19-8-5-16(2)11-20(19)26-15-17-6-7-17/h5,8,11,17-18H,4,6-7,9-10,12-15H2,1-3H3,(H2,22,23,24). The highest BCUT2D eigenvalue weighted by atomic mass is 16.5. The molecule has 5 heteroatoms. The second kappa shape index (κ2) is 9.26. The number of likely N-dealkylation sites (tertiary alicyclic amines) is 1. The second-order valence-corrected chi connectivity index (χ2v) is 7.86. The van der Waals surface area contributed by atoms with Gasteiger partial charge in [-0.25, -0.2) is 4.99 Å². The predicted octanol–water partition coefficient (Wildman–Crippen LogP) is 2.79. The van der Waals surface area contributed by atoms with Gasteiger partial charge < -0.3 is 20.3 Å². The van der Waals surface area contributed by atoms with E-state index in [9.17, 15) is 0 Å². The predicted molar refractivity (Wildman–Crippen MR) is 108 cm³/mol. The number of aliphatic imine (C=N–C) groups is 1. The summed E-state index contributed by atoms with van der Waals surface area (Å²) >= 11 is 0. The number of hydrogen-bond acceptors (Lipinski definition) is 3. The molecule has 26 heavy (non-hydrogen) atoms. The molecule has 1 aliphatic heterocycles. The lowest BCUT2D eigenvalue weighted by Gasteiger charge is -2.16. The lowest BCUT2D eigenvalue weighted by atomic mass is 10.1. The van der Waals surface area contributed by atoms with E-state index in [1.807, 2.05) is 0 Å². The number of guanidine groups is 1. The van der Waals surface area contributed by atoms with Gasteiger partial charge in [-0.3, -0.25) is 0 Å². The van der Waals surface area contributed by atoms with Crippen molar-refractivity contribution >= 4 is 5.96 Å². The Hall–Kier alpha value is -1.75. The summed E-state index contributed by atoms with van der Waals surface area (Å²) in [7, 11) is 2.19.